The number of nitrogens with one attached hydrogen (secondary N) is 1. The van der Waals surface area contributed by atoms with Crippen LogP contribution in [0, 0.1) is 11.8 Å². The first-order valence-electron chi connectivity index (χ1n) is 14.4. The number of aryl methyl sites for hydroxylation is 1. The van der Waals surface area contributed by atoms with Crippen molar-refractivity contribution in [3.8, 4) is 28.7 Å². The van der Waals surface area contributed by atoms with E-state index in [0.29, 0.717) is 30.9 Å². The van der Waals surface area contributed by atoms with E-state index in [1.165, 1.54) is 14.2 Å². The van der Waals surface area contributed by atoms with Gasteiger partial charge in [0.25, 0.3) is 0 Å². The first kappa shape index (κ1) is 32.8. The molecule has 1 fully saturated rings. The minimum absolute atomic E-state index is 0.0776. The molecular formula is C31H47NO9. The molecule has 1 aliphatic carbocycles. The normalized spacial score (nSPS) is 19.4. The minimum atomic E-state index is -0.918. The monoisotopic (exact) mass is 577 g/mol. The van der Waals surface area contributed by atoms with Gasteiger partial charge < -0.3 is 49.8 Å². The third-order valence-electron chi connectivity index (χ3n) is 7.99. The zero-order valence-electron chi connectivity index (χ0n) is 24.4. The van der Waals surface area contributed by atoms with Crippen LogP contribution in [-0.4, -0.2) is 85.1 Å². The lowest BCUT2D eigenvalue weighted by Gasteiger charge is -2.29. The van der Waals surface area contributed by atoms with Crippen LogP contribution >= 0.6 is 0 Å². The van der Waals surface area contributed by atoms with Gasteiger partial charge in [-0.25, -0.2) is 0 Å². The van der Waals surface area contributed by atoms with Gasteiger partial charge in [-0.1, -0.05) is 6.07 Å². The lowest BCUT2D eigenvalue weighted by molar-refractivity contribution is -0.0765. The second kappa shape index (κ2) is 16.6. The highest BCUT2D eigenvalue weighted by atomic mass is 16.6. The van der Waals surface area contributed by atoms with Crippen molar-refractivity contribution in [2.75, 3.05) is 41.2 Å². The summed E-state index contributed by atoms with van der Waals surface area (Å²) in [5.74, 6) is 1.09. The Balaban J connectivity index is 1.59. The molecule has 2 aromatic carbocycles. The Hall–Kier alpha value is -2.76. The van der Waals surface area contributed by atoms with Gasteiger partial charge in [-0.2, -0.15) is 0 Å². The third-order valence-corrected chi connectivity index (χ3v) is 7.99. The van der Waals surface area contributed by atoms with Crippen LogP contribution in [0.4, 0.5) is 0 Å². The minimum Gasteiger partial charge on any atom is -0.504 e. The van der Waals surface area contributed by atoms with Crippen LogP contribution in [0.25, 0.3) is 0 Å². The van der Waals surface area contributed by atoms with E-state index in [0.717, 1.165) is 43.4 Å². The van der Waals surface area contributed by atoms with Crippen LogP contribution in [-0.2, 0) is 17.6 Å². The van der Waals surface area contributed by atoms with Gasteiger partial charge in [0.2, 0.25) is 5.75 Å². The zero-order valence-corrected chi connectivity index (χ0v) is 24.4. The van der Waals surface area contributed by atoms with E-state index in [2.05, 4.69) is 5.32 Å². The number of phenols is 2. The standard InChI is InChI=1S/C31H47NO9/c1-32-17-21-5-8-24(9-6-21)41-28-13-20(7-11-26(28)35)4-10-25(40-19-34)16-27(36)23(18-33)12-22-14-29(38-2)31(37)30(15-22)39-3/h7,11,13-15,21,23-25,27,32-37H,4-6,8-10,12,16-19H2,1-3H3/t21?,23-,24?,25-,27+/m0/s1. The molecule has 230 valence electrons. The highest BCUT2D eigenvalue weighted by Crippen LogP contribution is 2.38. The van der Waals surface area contributed by atoms with E-state index in [1.807, 2.05) is 19.2 Å². The Morgan fingerprint density at radius 2 is 1.59 bits per heavy atom. The Labute approximate surface area is 242 Å². The molecule has 0 heterocycles. The lowest BCUT2D eigenvalue weighted by Crippen LogP contribution is -2.31. The smallest absolute Gasteiger partial charge is 0.200 e. The van der Waals surface area contributed by atoms with Gasteiger partial charge in [0, 0.05) is 12.5 Å². The van der Waals surface area contributed by atoms with E-state index < -0.39 is 24.9 Å². The molecule has 0 spiro atoms. The number of benzene rings is 2. The molecule has 0 unspecified atom stereocenters. The molecule has 0 aliphatic heterocycles. The lowest BCUT2D eigenvalue weighted by atomic mass is 9.87. The Bertz CT molecular complexity index is 1030. The van der Waals surface area contributed by atoms with Crippen molar-refractivity contribution in [1.82, 2.24) is 5.32 Å². The highest BCUT2D eigenvalue weighted by Gasteiger charge is 2.26. The zero-order chi connectivity index (χ0) is 29.8. The molecule has 0 bridgehead atoms. The van der Waals surface area contributed by atoms with Crippen molar-refractivity contribution < 1.29 is 44.5 Å². The van der Waals surface area contributed by atoms with Crippen LogP contribution in [0.1, 0.15) is 49.7 Å². The molecule has 0 radical (unpaired) electrons. The molecule has 0 amide bonds. The average molecular weight is 578 g/mol. The quantitative estimate of drug-likeness (QED) is 0.155. The Kier molecular flexibility index (Phi) is 13.3. The number of hydrogen-bond acceptors (Lipinski definition) is 10. The van der Waals surface area contributed by atoms with Crippen LogP contribution < -0.4 is 19.5 Å². The summed E-state index contributed by atoms with van der Waals surface area (Å²) < 4.78 is 22.1. The predicted octanol–water partition coefficient (Wildman–Crippen LogP) is 3.14. The fraction of sp³-hybridized carbons (Fsp3) is 0.613. The first-order chi connectivity index (χ1) is 19.8. The van der Waals surface area contributed by atoms with Gasteiger partial charge in [-0.15, -0.1) is 0 Å². The van der Waals surface area contributed by atoms with E-state index in [9.17, 15) is 25.5 Å². The van der Waals surface area contributed by atoms with Crippen LogP contribution in [0.15, 0.2) is 30.3 Å². The maximum absolute atomic E-state index is 11.0. The summed E-state index contributed by atoms with van der Waals surface area (Å²) in [6.07, 6.45) is 4.40. The molecule has 41 heavy (non-hydrogen) atoms. The number of aliphatic hydroxyl groups excluding tert-OH is 3. The summed E-state index contributed by atoms with van der Waals surface area (Å²) in [5.41, 5.74) is 1.67. The molecule has 0 aromatic heterocycles. The fourth-order valence-corrected chi connectivity index (χ4v) is 5.59. The van der Waals surface area contributed by atoms with Crippen LogP contribution in [0.2, 0.25) is 0 Å². The molecule has 6 N–H and O–H groups in total. The molecule has 0 saturated heterocycles. The summed E-state index contributed by atoms with van der Waals surface area (Å²) in [7, 11) is 4.85. The number of aromatic hydroxyl groups is 2. The maximum Gasteiger partial charge on any atom is 0.200 e. The largest absolute Gasteiger partial charge is 0.504 e. The second-order valence-corrected chi connectivity index (χ2v) is 10.9. The highest BCUT2D eigenvalue weighted by molar-refractivity contribution is 5.52. The van der Waals surface area contributed by atoms with E-state index >= 15 is 0 Å². The Morgan fingerprint density at radius 1 is 0.927 bits per heavy atom. The van der Waals surface area contributed by atoms with E-state index in [4.69, 9.17) is 18.9 Å². The molecule has 10 heteroatoms. The van der Waals surface area contributed by atoms with Crippen molar-refractivity contribution in [3.63, 3.8) is 0 Å². The summed E-state index contributed by atoms with van der Waals surface area (Å²) in [6, 6.07) is 8.61. The number of methoxy groups -OCH3 is 2. The summed E-state index contributed by atoms with van der Waals surface area (Å²) in [4.78, 5) is 0. The first-order valence-corrected chi connectivity index (χ1v) is 14.4. The molecule has 3 atom stereocenters. The van der Waals surface area contributed by atoms with Gasteiger partial charge >= 0.3 is 0 Å². The fourth-order valence-electron chi connectivity index (χ4n) is 5.59. The number of ether oxygens (including phenoxy) is 4. The summed E-state index contributed by atoms with van der Waals surface area (Å²) >= 11 is 0. The molecule has 1 aliphatic rings. The maximum atomic E-state index is 11.0. The van der Waals surface area contributed by atoms with E-state index in [-0.39, 0.29) is 42.1 Å². The SMILES string of the molecule is CNCC1CCC(Oc2cc(CC[C@@H](C[C@@H](O)[C@H](CO)Cc3cc(OC)c(O)c(OC)c3)OCO)ccc2O)CC1. The number of rotatable bonds is 17. The molecule has 10 nitrogen and oxygen atoms in total. The third kappa shape index (κ3) is 9.65. The molecule has 2 aromatic rings. The predicted molar refractivity (Wildman–Crippen MR) is 155 cm³/mol. The summed E-state index contributed by atoms with van der Waals surface area (Å²) in [5, 5.41) is 54.3. The van der Waals surface area contributed by atoms with Gasteiger partial charge in [0.1, 0.15) is 6.79 Å². The van der Waals surface area contributed by atoms with Crippen LogP contribution in [0.5, 0.6) is 28.7 Å². The van der Waals surface area contributed by atoms with Crippen molar-refractivity contribution in [1.29, 1.82) is 0 Å². The van der Waals surface area contributed by atoms with Gasteiger partial charge in [0.05, 0.1) is 32.5 Å². The van der Waals surface area contributed by atoms with Crippen molar-refractivity contribution >= 4 is 0 Å². The molecular weight excluding hydrogens is 530 g/mol. The van der Waals surface area contributed by atoms with Crippen molar-refractivity contribution in [2.45, 2.75) is 69.7 Å². The number of hydrogen-bond donors (Lipinski definition) is 6. The van der Waals surface area contributed by atoms with Crippen molar-refractivity contribution in [3.05, 3.63) is 41.5 Å². The van der Waals surface area contributed by atoms with Gasteiger partial charge in [-0.05, 0) is 106 Å². The second-order valence-electron chi connectivity index (χ2n) is 10.9. The number of aliphatic hydroxyl groups is 3. The van der Waals surface area contributed by atoms with Gasteiger partial charge in [0.15, 0.2) is 23.0 Å². The molecule has 1 saturated carbocycles. The Morgan fingerprint density at radius 3 is 2.17 bits per heavy atom. The van der Waals surface area contributed by atoms with E-state index in [1.54, 1.807) is 18.2 Å². The van der Waals surface area contributed by atoms with Crippen molar-refractivity contribution in [2.24, 2.45) is 11.8 Å². The van der Waals surface area contributed by atoms with Gasteiger partial charge in [-0.3, -0.25) is 0 Å². The number of phenolic OH excluding ortho intramolecular Hbond substituents is 2. The molecule has 3 rings (SSSR count). The summed E-state index contributed by atoms with van der Waals surface area (Å²) in [6.45, 7) is 0.250. The van der Waals surface area contributed by atoms with Crippen LogP contribution in [0.3, 0.4) is 0 Å². The topological polar surface area (TPSA) is 150 Å². The average Bonchev–Trinajstić information content (AvgIpc) is 2.97.